The molecule has 18 heavy (non-hydrogen) atoms. The molecule has 0 saturated heterocycles. The summed E-state index contributed by atoms with van der Waals surface area (Å²) in [6.07, 6.45) is -0.0389. The first-order valence-corrected chi connectivity index (χ1v) is 6.47. The summed E-state index contributed by atoms with van der Waals surface area (Å²) >= 11 is 0. The van der Waals surface area contributed by atoms with E-state index >= 15 is 0 Å². The highest BCUT2D eigenvalue weighted by molar-refractivity contribution is 5.42. The van der Waals surface area contributed by atoms with Crippen molar-refractivity contribution in [2.45, 2.75) is 39.3 Å². The van der Waals surface area contributed by atoms with Crippen molar-refractivity contribution in [2.75, 3.05) is 13.2 Å². The van der Waals surface area contributed by atoms with Gasteiger partial charge in [-0.05, 0) is 38.5 Å². The maximum atomic E-state index is 10.2. The van der Waals surface area contributed by atoms with Crippen molar-refractivity contribution < 1.29 is 14.6 Å². The molecule has 0 heterocycles. The molecule has 102 valence electrons. The van der Waals surface area contributed by atoms with E-state index in [-0.39, 0.29) is 6.04 Å². The zero-order valence-corrected chi connectivity index (χ0v) is 11.3. The highest BCUT2D eigenvalue weighted by atomic mass is 16.5. The van der Waals surface area contributed by atoms with Gasteiger partial charge in [-0.15, -0.1) is 0 Å². The topological polar surface area (TPSA) is 64.7 Å². The third kappa shape index (κ3) is 3.62. The first-order chi connectivity index (χ1) is 8.63. The number of aliphatic hydroxyl groups is 1. The molecule has 0 amide bonds. The molecule has 1 rings (SSSR count). The van der Waals surface area contributed by atoms with Crippen LogP contribution in [0.15, 0.2) is 18.2 Å². The van der Waals surface area contributed by atoms with Gasteiger partial charge in [0.2, 0.25) is 0 Å². The largest absolute Gasteiger partial charge is 0.494 e. The minimum absolute atomic E-state index is 0.305. The van der Waals surface area contributed by atoms with Gasteiger partial charge in [0.15, 0.2) is 0 Å². The Balaban J connectivity index is 3.05. The minimum Gasteiger partial charge on any atom is -0.494 e. The Hall–Kier alpha value is -1.26. The summed E-state index contributed by atoms with van der Waals surface area (Å²) in [5.41, 5.74) is 6.58. The second kappa shape index (κ2) is 7.24. The summed E-state index contributed by atoms with van der Waals surface area (Å²) in [7, 11) is 0. The molecule has 0 radical (unpaired) electrons. The van der Waals surface area contributed by atoms with Crippen molar-refractivity contribution in [1.82, 2.24) is 0 Å². The average Bonchev–Trinajstić information content (AvgIpc) is 2.39. The van der Waals surface area contributed by atoms with Gasteiger partial charge in [0, 0.05) is 11.6 Å². The fourth-order valence-electron chi connectivity index (χ4n) is 1.75. The predicted molar refractivity (Wildman–Crippen MR) is 72.0 cm³/mol. The number of aliphatic hydroxyl groups excluding tert-OH is 1. The van der Waals surface area contributed by atoms with Crippen LogP contribution in [0.3, 0.4) is 0 Å². The third-order valence-electron chi connectivity index (χ3n) is 2.79. The van der Waals surface area contributed by atoms with Crippen molar-refractivity contribution in [2.24, 2.45) is 5.73 Å². The van der Waals surface area contributed by atoms with Crippen LogP contribution in [0.2, 0.25) is 0 Å². The number of hydrogen-bond acceptors (Lipinski definition) is 4. The van der Waals surface area contributed by atoms with Crippen molar-refractivity contribution in [3.8, 4) is 11.5 Å². The van der Waals surface area contributed by atoms with Gasteiger partial charge < -0.3 is 20.3 Å². The standard InChI is InChI=1S/C14H23NO3/c1-4-12(15)14(16)11-9-10(17-5-2)7-8-13(11)18-6-3/h7-9,12,14,16H,4-6,15H2,1-3H3. The van der Waals surface area contributed by atoms with E-state index in [9.17, 15) is 5.11 Å². The van der Waals surface area contributed by atoms with E-state index in [1.165, 1.54) is 0 Å². The molecule has 1 aromatic carbocycles. The van der Waals surface area contributed by atoms with Gasteiger partial charge in [-0.25, -0.2) is 0 Å². The Morgan fingerprint density at radius 2 is 1.83 bits per heavy atom. The first-order valence-electron chi connectivity index (χ1n) is 6.47. The lowest BCUT2D eigenvalue weighted by atomic mass is 10.00. The SMILES string of the molecule is CCOc1ccc(OCC)c(C(O)C(N)CC)c1. The van der Waals surface area contributed by atoms with Crippen LogP contribution in [0.1, 0.15) is 38.9 Å². The molecule has 4 nitrogen and oxygen atoms in total. The van der Waals surface area contributed by atoms with E-state index in [2.05, 4.69) is 0 Å². The Kier molecular flexibility index (Phi) is 5.95. The summed E-state index contributed by atoms with van der Waals surface area (Å²) in [6.45, 7) is 6.91. The molecule has 3 N–H and O–H groups in total. The fraction of sp³-hybridized carbons (Fsp3) is 0.571. The molecule has 2 unspecified atom stereocenters. The van der Waals surface area contributed by atoms with Gasteiger partial charge in [0.05, 0.1) is 19.3 Å². The van der Waals surface area contributed by atoms with E-state index in [0.29, 0.717) is 30.9 Å². The van der Waals surface area contributed by atoms with E-state index in [1.54, 1.807) is 6.07 Å². The van der Waals surface area contributed by atoms with Crippen LogP contribution in [-0.2, 0) is 0 Å². The van der Waals surface area contributed by atoms with Crippen molar-refractivity contribution in [1.29, 1.82) is 0 Å². The number of ether oxygens (including phenoxy) is 2. The first kappa shape index (κ1) is 14.8. The predicted octanol–water partition coefficient (Wildman–Crippen LogP) is 2.25. The normalized spacial score (nSPS) is 14.1. The molecule has 1 aromatic rings. The number of nitrogens with two attached hydrogens (primary N) is 1. The zero-order chi connectivity index (χ0) is 13.5. The second-order valence-electron chi connectivity index (χ2n) is 4.08. The van der Waals surface area contributed by atoms with Crippen molar-refractivity contribution in [3.63, 3.8) is 0 Å². The van der Waals surface area contributed by atoms with Gasteiger partial charge in [0.25, 0.3) is 0 Å². The lowest BCUT2D eigenvalue weighted by Gasteiger charge is -2.21. The van der Waals surface area contributed by atoms with Crippen LogP contribution in [0.4, 0.5) is 0 Å². The van der Waals surface area contributed by atoms with Gasteiger partial charge in [-0.3, -0.25) is 0 Å². The van der Waals surface area contributed by atoms with E-state index < -0.39 is 6.10 Å². The monoisotopic (exact) mass is 253 g/mol. The quantitative estimate of drug-likeness (QED) is 0.782. The Morgan fingerprint density at radius 1 is 1.17 bits per heavy atom. The Bertz CT molecular complexity index is 368. The number of benzene rings is 1. The average molecular weight is 253 g/mol. The van der Waals surface area contributed by atoms with Crippen LogP contribution >= 0.6 is 0 Å². The van der Waals surface area contributed by atoms with Crippen LogP contribution in [0, 0.1) is 0 Å². The molecule has 0 spiro atoms. The van der Waals surface area contributed by atoms with Crippen LogP contribution in [0.5, 0.6) is 11.5 Å². The van der Waals surface area contributed by atoms with E-state index in [4.69, 9.17) is 15.2 Å². The second-order valence-corrected chi connectivity index (χ2v) is 4.08. The highest BCUT2D eigenvalue weighted by Crippen LogP contribution is 2.31. The minimum atomic E-state index is -0.739. The molecule has 0 bridgehead atoms. The Labute approximate surface area is 109 Å². The number of hydrogen-bond donors (Lipinski definition) is 2. The van der Waals surface area contributed by atoms with Gasteiger partial charge >= 0.3 is 0 Å². The summed E-state index contributed by atoms with van der Waals surface area (Å²) < 4.78 is 11.0. The fourth-order valence-corrected chi connectivity index (χ4v) is 1.75. The molecular formula is C14H23NO3. The van der Waals surface area contributed by atoms with E-state index in [1.807, 2.05) is 32.9 Å². The Morgan fingerprint density at radius 3 is 2.39 bits per heavy atom. The molecule has 0 aliphatic heterocycles. The van der Waals surface area contributed by atoms with Crippen LogP contribution < -0.4 is 15.2 Å². The van der Waals surface area contributed by atoms with Crippen LogP contribution in [0.25, 0.3) is 0 Å². The molecule has 2 atom stereocenters. The van der Waals surface area contributed by atoms with Crippen LogP contribution in [-0.4, -0.2) is 24.4 Å². The molecular weight excluding hydrogens is 230 g/mol. The molecule has 0 fully saturated rings. The number of rotatable bonds is 7. The summed E-state index contributed by atoms with van der Waals surface area (Å²) in [5, 5.41) is 10.2. The molecule has 0 aromatic heterocycles. The van der Waals surface area contributed by atoms with Gasteiger partial charge in [0.1, 0.15) is 11.5 Å². The lowest BCUT2D eigenvalue weighted by molar-refractivity contribution is 0.139. The molecule has 0 aliphatic carbocycles. The third-order valence-corrected chi connectivity index (χ3v) is 2.79. The van der Waals surface area contributed by atoms with E-state index in [0.717, 1.165) is 5.75 Å². The zero-order valence-electron chi connectivity index (χ0n) is 11.3. The molecule has 4 heteroatoms. The summed E-state index contributed by atoms with van der Waals surface area (Å²) in [5.74, 6) is 1.38. The van der Waals surface area contributed by atoms with Gasteiger partial charge in [-0.2, -0.15) is 0 Å². The molecule has 0 aliphatic rings. The summed E-state index contributed by atoms with van der Waals surface area (Å²) in [6, 6.07) is 5.15. The van der Waals surface area contributed by atoms with Crippen molar-refractivity contribution >= 4 is 0 Å². The molecule has 0 saturated carbocycles. The highest BCUT2D eigenvalue weighted by Gasteiger charge is 2.20. The van der Waals surface area contributed by atoms with Crippen molar-refractivity contribution in [3.05, 3.63) is 23.8 Å². The van der Waals surface area contributed by atoms with Gasteiger partial charge in [-0.1, -0.05) is 6.92 Å². The maximum Gasteiger partial charge on any atom is 0.125 e. The lowest BCUT2D eigenvalue weighted by Crippen LogP contribution is -2.27. The smallest absolute Gasteiger partial charge is 0.125 e. The maximum absolute atomic E-state index is 10.2. The summed E-state index contributed by atoms with van der Waals surface area (Å²) in [4.78, 5) is 0.